The summed E-state index contributed by atoms with van der Waals surface area (Å²) in [6, 6.07) is 17.0. The van der Waals surface area contributed by atoms with Crippen molar-refractivity contribution < 1.29 is 28.8 Å². The summed E-state index contributed by atoms with van der Waals surface area (Å²) in [5.41, 5.74) is 3.16. The minimum absolute atomic E-state index is 0.190. The minimum Gasteiger partial charge on any atom is -0.489 e. The summed E-state index contributed by atoms with van der Waals surface area (Å²) in [5, 5.41) is 23.6. The lowest BCUT2D eigenvalue weighted by Crippen LogP contribution is -2.55. The maximum atomic E-state index is 13.6. The molecule has 0 saturated heterocycles. The topological polar surface area (TPSA) is 161 Å². The molecule has 0 aliphatic carbocycles. The molecule has 3 aromatic rings. The van der Waals surface area contributed by atoms with Gasteiger partial charge in [0, 0.05) is 24.5 Å². The van der Waals surface area contributed by atoms with Gasteiger partial charge in [0.05, 0.1) is 18.1 Å². The second kappa shape index (κ2) is 15.8. The lowest BCUT2D eigenvalue weighted by Gasteiger charge is -2.25. The Balaban J connectivity index is 1.82. The Hall–Kier alpha value is -4.81. The van der Waals surface area contributed by atoms with Crippen molar-refractivity contribution >= 4 is 23.5 Å². The molecule has 4 rings (SSSR count). The number of likely N-dealkylation sites (N-methyl/N-ethyl adjacent to an activating group) is 1. The molecule has 2 amide bonds. The summed E-state index contributed by atoms with van der Waals surface area (Å²) < 4.78 is 11.2. The summed E-state index contributed by atoms with van der Waals surface area (Å²) in [4.78, 5) is 51.5. The van der Waals surface area contributed by atoms with Crippen LogP contribution in [0.15, 0.2) is 66.7 Å². The van der Waals surface area contributed by atoms with Gasteiger partial charge in [-0.3, -0.25) is 19.7 Å². The molecule has 0 spiro atoms. The first-order chi connectivity index (χ1) is 21.7. The summed E-state index contributed by atoms with van der Waals surface area (Å²) in [5.74, 6) is -1.17. The molecule has 238 valence electrons. The standard InChI is InChI=1S/C33H39N5O7/c1-34-15-7-10-26-31(39)37-28(33(41)44-3)18-24-16-22(11-13-29(24)38(42)43)23-12-14-30(45-20-21-8-5-4-6-9-21)25(17-23)19-27(35-2)32(40)36-26/h4-6,8-9,11-14,16-17,26-28,34-35H,7,10,15,18-20H2,1-3H3,(H,36,40)(H,37,39)/t26-,27-,28-/m0/s1. The van der Waals surface area contributed by atoms with Gasteiger partial charge in [0.15, 0.2) is 0 Å². The van der Waals surface area contributed by atoms with Gasteiger partial charge in [0.1, 0.15) is 24.4 Å². The van der Waals surface area contributed by atoms with Crippen LogP contribution in [0.2, 0.25) is 0 Å². The van der Waals surface area contributed by atoms with Gasteiger partial charge in [-0.25, -0.2) is 4.79 Å². The highest BCUT2D eigenvalue weighted by atomic mass is 16.6. The van der Waals surface area contributed by atoms with E-state index in [-0.39, 0.29) is 24.1 Å². The van der Waals surface area contributed by atoms with Gasteiger partial charge in [-0.05, 0) is 80.0 Å². The number of rotatable bonds is 10. The van der Waals surface area contributed by atoms with E-state index in [4.69, 9.17) is 9.47 Å². The number of benzene rings is 3. The molecule has 1 heterocycles. The zero-order valence-electron chi connectivity index (χ0n) is 25.6. The zero-order chi connectivity index (χ0) is 32.3. The van der Waals surface area contributed by atoms with E-state index in [0.717, 1.165) is 16.7 Å². The third-order valence-electron chi connectivity index (χ3n) is 7.77. The Morgan fingerprint density at radius 2 is 1.67 bits per heavy atom. The van der Waals surface area contributed by atoms with E-state index in [2.05, 4.69) is 21.3 Å². The number of esters is 1. The monoisotopic (exact) mass is 617 g/mol. The molecule has 0 radical (unpaired) electrons. The number of fused-ring (bicyclic) bond motifs is 5. The summed E-state index contributed by atoms with van der Waals surface area (Å²) in [7, 11) is 4.63. The maximum Gasteiger partial charge on any atom is 0.328 e. The van der Waals surface area contributed by atoms with E-state index < -0.39 is 40.8 Å². The lowest BCUT2D eigenvalue weighted by molar-refractivity contribution is -0.385. The van der Waals surface area contributed by atoms with Crippen LogP contribution in [0.5, 0.6) is 5.75 Å². The van der Waals surface area contributed by atoms with E-state index >= 15 is 0 Å². The smallest absolute Gasteiger partial charge is 0.328 e. The van der Waals surface area contributed by atoms with Crippen molar-refractivity contribution in [2.45, 2.75) is 50.4 Å². The average molecular weight is 618 g/mol. The van der Waals surface area contributed by atoms with Gasteiger partial charge in [-0.2, -0.15) is 0 Å². The van der Waals surface area contributed by atoms with E-state index in [0.29, 0.717) is 37.3 Å². The van der Waals surface area contributed by atoms with Gasteiger partial charge in [-0.15, -0.1) is 0 Å². The van der Waals surface area contributed by atoms with Crippen molar-refractivity contribution in [1.82, 2.24) is 21.3 Å². The number of amides is 2. The van der Waals surface area contributed by atoms with Crippen LogP contribution in [0.25, 0.3) is 11.1 Å². The highest BCUT2D eigenvalue weighted by Gasteiger charge is 2.31. The van der Waals surface area contributed by atoms with Crippen molar-refractivity contribution in [3.8, 4) is 16.9 Å². The quantitative estimate of drug-likeness (QED) is 0.116. The Labute approximate surface area is 262 Å². The minimum atomic E-state index is -1.23. The number of ether oxygens (including phenoxy) is 2. The van der Waals surface area contributed by atoms with E-state index in [9.17, 15) is 24.5 Å². The fraction of sp³-hybridized carbons (Fsp3) is 0.364. The highest BCUT2D eigenvalue weighted by molar-refractivity contribution is 5.92. The fourth-order valence-electron chi connectivity index (χ4n) is 5.30. The van der Waals surface area contributed by atoms with Crippen LogP contribution in [-0.4, -0.2) is 68.6 Å². The molecule has 4 bridgehead atoms. The molecular formula is C33H39N5O7. The van der Waals surface area contributed by atoms with Crippen molar-refractivity contribution in [2.75, 3.05) is 27.7 Å². The first-order valence-corrected chi connectivity index (χ1v) is 14.8. The van der Waals surface area contributed by atoms with E-state index in [1.807, 2.05) is 48.5 Å². The number of hydrogen-bond acceptors (Lipinski definition) is 9. The van der Waals surface area contributed by atoms with Crippen molar-refractivity contribution in [3.05, 3.63) is 93.5 Å². The highest BCUT2D eigenvalue weighted by Crippen LogP contribution is 2.32. The molecule has 12 heteroatoms. The van der Waals surface area contributed by atoms with Crippen LogP contribution < -0.4 is 26.0 Å². The van der Waals surface area contributed by atoms with Crippen LogP contribution in [0, 0.1) is 10.1 Å². The lowest BCUT2D eigenvalue weighted by atomic mass is 9.95. The van der Waals surface area contributed by atoms with Crippen molar-refractivity contribution in [2.24, 2.45) is 0 Å². The number of hydrogen-bond donors (Lipinski definition) is 4. The largest absolute Gasteiger partial charge is 0.489 e. The predicted octanol–water partition coefficient (Wildman–Crippen LogP) is 2.67. The molecular weight excluding hydrogens is 578 g/mol. The molecule has 3 atom stereocenters. The number of methoxy groups -OCH3 is 1. The first-order valence-electron chi connectivity index (χ1n) is 14.8. The Morgan fingerprint density at radius 1 is 0.956 bits per heavy atom. The first kappa shape index (κ1) is 33.1. The van der Waals surface area contributed by atoms with Crippen LogP contribution in [0.4, 0.5) is 5.69 Å². The van der Waals surface area contributed by atoms with E-state index in [1.165, 1.54) is 13.2 Å². The van der Waals surface area contributed by atoms with Gasteiger partial charge in [0.25, 0.3) is 5.69 Å². The molecule has 0 saturated carbocycles. The van der Waals surface area contributed by atoms with Crippen molar-refractivity contribution in [3.63, 3.8) is 0 Å². The van der Waals surface area contributed by atoms with Gasteiger partial charge >= 0.3 is 5.97 Å². The zero-order valence-corrected chi connectivity index (χ0v) is 25.6. The average Bonchev–Trinajstić information content (AvgIpc) is 3.05. The summed E-state index contributed by atoms with van der Waals surface area (Å²) in [6.45, 7) is 0.914. The molecule has 0 aromatic heterocycles. The third kappa shape index (κ3) is 8.64. The summed E-state index contributed by atoms with van der Waals surface area (Å²) >= 11 is 0. The number of nitro groups is 1. The normalized spacial score (nSPS) is 18.5. The molecule has 4 N–H and O–H groups in total. The molecule has 0 fully saturated rings. The third-order valence-corrected chi connectivity index (χ3v) is 7.77. The second-order valence-electron chi connectivity index (χ2n) is 10.8. The number of carbonyl (C=O) groups excluding carboxylic acids is 3. The molecule has 45 heavy (non-hydrogen) atoms. The van der Waals surface area contributed by atoms with Crippen LogP contribution in [0.1, 0.15) is 29.5 Å². The van der Waals surface area contributed by atoms with Crippen LogP contribution >= 0.6 is 0 Å². The molecule has 12 nitrogen and oxygen atoms in total. The number of nitrogens with zero attached hydrogens (tertiary/aromatic N) is 1. The number of nitrogens with one attached hydrogen (secondary N) is 4. The van der Waals surface area contributed by atoms with Gasteiger partial charge in [0.2, 0.25) is 11.8 Å². The number of nitro benzene ring substituents is 1. The summed E-state index contributed by atoms with van der Waals surface area (Å²) in [6.07, 6.45) is 0.897. The Bertz CT molecular complexity index is 1510. The maximum absolute atomic E-state index is 13.6. The van der Waals surface area contributed by atoms with Gasteiger partial charge < -0.3 is 30.7 Å². The molecule has 3 aromatic carbocycles. The SMILES string of the molecule is CNCCC[C@@H]1NC(=O)[C@@H](NC)Cc2cc(ccc2OCc2ccccc2)-c2ccc([N+](=O)[O-])c(c2)C[C@@H](C(=O)OC)NC1=O. The molecule has 0 unspecified atom stereocenters. The second-order valence-corrected chi connectivity index (χ2v) is 10.8. The Kier molecular flexibility index (Phi) is 11.6. The predicted molar refractivity (Wildman–Crippen MR) is 169 cm³/mol. The molecule has 1 aliphatic rings. The van der Waals surface area contributed by atoms with Crippen LogP contribution in [0.3, 0.4) is 0 Å². The van der Waals surface area contributed by atoms with Crippen molar-refractivity contribution in [1.29, 1.82) is 0 Å². The number of carbonyl (C=O) groups is 3. The molecule has 1 aliphatic heterocycles. The van der Waals surface area contributed by atoms with Crippen LogP contribution in [-0.2, 0) is 38.6 Å². The van der Waals surface area contributed by atoms with E-state index in [1.54, 1.807) is 26.2 Å². The van der Waals surface area contributed by atoms with Gasteiger partial charge in [-0.1, -0.05) is 36.4 Å². The Morgan fingerprint density at radius 3 is 2.33 bits per heavy atom. The fourth-order valence-corrected chi connectivity index (χ4v) is 5.30.